The number of thiocarbonyl (C=S) groups is 1. The molecule has 0 aromatic carbocycles. The molecular weight excluding hydrogens is 181 g/mol. The average molecular weight is 185 g/mol. The van der Waals surface area contributed by atoms with E-state index in [4.69, 9.17) is 29.6 Å². The Labute approximate surface area is 91.0 Å². The number of nitrogens with two attached hydrogens (primary N) is 1. The van der Waals surface area contributed by atoms with Gasteiger partial charge in [0.15, 0.2) is 6.17 Å². The smallest absolute Gasteiger partial charge is 0.152 e. The van der Waals surface area contributed by atoms with Gasteiger partial charge in [0.2, 0.25) is 0 Å². The van der Waals surface area contributed by atoms with Crippen LogP contribution >= 0.6 is 23.8 Å². The van der Waals surface area contributed by atoms with Gasteiger partial charge in [0.1, 0.15) is 10.2 Å². The molecule has 49 valence electrons. The molecule has 2 N–H and O–H groups in total. The fourth-order valence-corrected chi connectivity index (χ4v) is 0.674. The van der Waals surface area contributed by atoms with Gasteiger partial charge >= 0.3 is 0 Å². The van der Waals surface area contributed by atoms with Gasteiger partial charge in [0.05, 0.1) is 6.21 Å². The SMILES string of the molecule is NC1N=C(Cl)C=NC1=S.[Na]. The topological polar surface area (TPSA) is 50.7 Å². The van der Waals surface area contributed by atoms with Crippen LogP contribution < -0.4 is 5.73 Å². The minimum atomic E-state index is -0.530. The number of halogens is 1. The van der Waals surface area contributed by atoms with Crippen LogP contribution in [-0.4, -0.2) is 52.1 Å². The molecule has 1 radical (unpaired) electrons. The van der Waals surface area contributed by atoms with Crippen molar-refractivity contribution in [2.75, 3.05) is 0 Å². The molecule has 1 aliphatic rings. The molecule has 0 fully saturated rings. The van der Waals surface area contributed by atoms with Gasteiger partial charge in [-0.25, -0.2) is 9.98 Å². The molecule has 1 heterocycles. The average Bonchev–Trinajstić information content (AvgIpc) is 1.80. The number of hydrogen-bond acceptors (Lipinski definition) is 3. The minimum absolute atomic E-state index is 0. The van der Waals surface area contributed by atoms with E-state index >= 15 is 0 Å². The van der Waals surface area contributed by atoms with Crippen LogP contribution in [0.2, 0.25) is 0 Å². The summed E-state index contributed by atoms with van der Waals surface area (Å²) in [5.41, 5.74) is 5.34. The molecule has 1 aliphatic heterocycles. The van der Waals surface area contributed by atoms with E-state index in [0.29, 0.717) is 10.2 Å². The van der Waals surface area contributed by atoms with Crippen molar-refractivity contribution in [2.24, 2.45) is 15.7 Å². The molecule has 1 rings (SSSR count). The van der Waals surface area contributed by atoms with Gasteiger partial charge < -0.3 is 5.73 Å². The van der Waals surface area contributed by atoms with E-state index < -0.39 is 6.17 Å². The van der Waals surface area contributed by atoms with E-state index in [-0.39, 0.29) is 29.6 Å². The largest absolute Gasteiger partial charge is 0.304 e. The van der Waals surface area contributed by atoms with Crippen LogP contribution in [0, 0.1) is 0 Å². The zero-order valence-corrected chi connectivity index (χ0v) is 8.99. The second-order valence-corrected chi connectivity index (χ2v) is 2.30. The summed E-state index contributed by atoms with van der Waals surface area (Å²) >= 11 is 10.1. The molecule has 0 saturated carbocycles. The van der Waals surface area contributed by atoms with Gasteiger partial charge in [-0.1, -0.05) is 23.8 Å². The second-order valence-electron chi connectivity index (χ2n) is 1.49. The quantitative estimate of drug-likeness (QED) is 0.424. The summed E-state index contributed by atoms with van der Waals surface area (Å²) < 4.78 is 0. The van der Waals surface area contributed by atoms with Crippen molar-refractivity contribution in [2.45, 2.75) is 6.17 Å². The molecule has 1 atom stereocenters. The fourth-order valence-electron chi connectivity index (χ4n) is 0.415. The van der Waals surface area contributed by atoms with Crippen molar-refractivity contribution in [1.29, 1.82) is 0 Å². The Morgan fingerprint density at radius 3 is 2.70 bits per heavy atom. The zero-order chi connectivity index (χ0) is 6.85. The maximum absolute atomic E-state index is 5.44. The molecule has 0 spiro atoms. The summed E-state index contributed by atoms with van der Waals surface area (Å²) in [6.07, 6.45) is 0.852. The summed E-state index contributed by atoms with van der Waals surface area (Å²) in [4.78, 5) is 7.82. The van der Waals surface area contributed by atoms with Crippen LogP contribution in [0.4, 0.5) is 0 Å². The monoisotopic (exact) mass is 184 g/mol. The van der Waals surface area contributed by atoms with E-state index in [1.807, 2.05) is 0 Å². The van der Waals surface area contributed by atoms with E-state index in [9.17, 15) is 0 Å². The van der Waals surface area contributed by atoms with Crippen LogP contribution in [0.15, 0.2) is 9.98 Å². The Morgan fingerprint density at radius 1 is 1.70 bits per heavy atom. The normalized spacial score (nSPS) is 23.6. The van der Waals surface area contributed by atoms with Crippen LogP contribution in [0.5, 0.6) is 0 Å². The first-order chi connectivity index (χ1) is 4.20. The molecule has 0 amide bonds. The van der Waals surface area contributed by atoms with Crippen molar-refractivity contribution >= 4 is 69.8 Å². The van der Waals surface area contributed by atoms with Crippen molar-refractivity contribution in [1.82, 2.24) is 0 Å². The third kappa shape index (κ3) is 2.74. The first kappa shape index (κ1) is 10.7. The number of hydrogen-bond donors (Lipinski definition) is 1. The molecule has 3 nitrogen and oxygen atoms in total. The first-order valence-corrected chi connectivity index (χ1v) is 3.05. The fraction of sp³-hybridized carbons (Fsp3) is 0.250. The van der Waals surface area contributed by atoms with Crippen LogP contribution in [0.25, 0.3) is 0 Å². The summed E-state index contributed by atoms with van der Waals surface area (Å²) in [6, 6.07) is 0. The molecule has 6 heteroatoms. The standard InChI is InChI=1S/C4H4ClN3S.Na/c5-2-1-7-4(9)3(6)8-2;/h1,3H,6H2;. The molecule has 1 unspecified atom stereocenters. The van der Waals surface area contributed by atoms with Crippen molar-refractivity contribution in [3.63, 3.8) is 0 Å². The van der Waals surface area contributed by atoms with Crippen molar-refractivity contribution < 1.29 is 0 Å². The van der Waals surface area contributed by atoms with Crippen LogP contribution in [0.1, 0.15) is 0 Å². The van der Waals surface area contributed by atoms with Gasteiger partial charge in [-0.2, -0.15) is 0 Å². The summed E-state index contributed by atoms with van der Waals surface area (Å²) in [7, 11) is 0. The number of aliphatic imine (C=N–C) groups is 2. The van der Waals surface area contributed by atoms with E-state index in [1.54, 1.807) is 0 Å². The molecule has 0 bridgehead atoms. The van der Waals surface area contributed by atoms with E-state index in [1.165, 1.54) is 6.21 Å². The Kier molecular flexibility index (Phi) is 4.84. The maximum atomic E-state index is 5.44. The van der Waals surface area contributed by atoms with E-state index in [0.717, 1.165) is 0 Å². The predicted molar refractivity (Wildman–Crippen MR) is 48.1 cm³/mol. The van der Waals surface area contributed by atoms with Crippen molar-refractivity contribution in [3.05, 3.63) is 0 Å². The Morgan fingerprint density at radius 2 is 2.30 bits per heavy atom. The Bertz CT molecular complexity index is 203. The van der Waals surface area contributed by atoms with Crippen LogP contribution in [0.3, 0.4) is 0 Å². The number of rotatable bonds is 0. The third-order valence-corrected chi connectivity index (χ3v) is 1.36. The molecule has 0 aliphatic carbocycles. The predicted octanol–water partition coefficient (Wildman–Crippen LogP) is -0.0605. The molecular formula is C4H4ClN3NaS. The summed E-state index contributed by atoms with van der Waals surface area (Å²) in [6.45, 7) is 0. The molecule has 0 aromatic heterocycles. The first-order valence-electron chi connectivity index (χ1n) is 2.27. The van der Waals surface area contributed by atoms with Gasteiger partial charge in [-0.15, -0.1) is 0 Å². The van der Waals surface area contributed by atoms with E-state index in [2.05, 4.69) is 9.98 Å². The van der Waals surface area contributed by atoms with Gasteiger partial charge in [0.25, 0.3) is 0 Å². The zero-order valence-electron chi connectivity index (χ0n) is 5.41. The molecule has 10 heavy (non-hydrogen) atoms. The second kappa shape index (κ2) is 4.54. The maximum Gasteiger partial charge on any atom is 0.152 e. The van der Waals surface area contributed by atoms with Gasteiger partial charge in [-0.3, -0.25) is 0 Å². The summed E-state index contributed by atoms with van der Waals surface area (Å²) in [5.74, 6) is 0. The minimum Gasteiger partial charge on any atom is -0.304 e. The molecule has 0 saturated heterocycles. The Hall–Kier alpha value is 0.680. The molecule has 0 aromatic rings. The van der Waals surface area contributed by atoms with Gasteiger partial charge in [-0.05, 0) is 0 Å². The van der Waals surface area contributed by atoms with Crippen LogP contribution in [-0.2, 0) is 0 Å². The Balaban J connectivity index is 0.000000810. The van der Waals surface area contributed by atoms with Gasteiger partial charge in [0, 0.05) is 29.6 Å². The van der Waals surface area contributed by atoms with Crippen molar-refractivity contribution in [3.8, 4) is 0 Å². The summed E-state index contributed by atoms with van der Waals surface area (Å²) in [5, 5.41) is 0.302. The third-order valence-electron chi connectivity index (χ3n) is 0.814. The number of nitrogens with zero attached hydrogens (tertiary/aromatic N) is 2.